The van der Waals surface area contributed by atoms with E-state index in [1.165, 1.54) is 16.3 Å². The average Bonchev–Trinajstić information content (AvgIpc) is 2.92. The quantitative estimate of drug-likeness (QED) is 0.437. The number of benzene rings is 3. The lowest BCUT2D eigenvalue weighted by molar-refractivity contribution is 1.14. The van der Waals surface area contributed by atoms with E-state index >= 15 is 0 Å². The minimum atomic E-state index is 0.792. The van der Waals surface area contributed by atoms with Crippen LogP contribution in [0.2, 0.25) is 5.02 Å². The zero-order chi connectivity index (χ0) is 13.5. The molecule has 0 aliphatic heterocycles. The van der Waals surface area contributed by atoms with Gasteiger partial charge in [0.1, 0.15) is 0 Å². The fourth-order valence-corrected chi connectivity index (χ4v) is 2.98. The number of hydrogen-bond donors (Lipinski definition) is 0. The Kier molecular flexibility index (Phi) is 2.54. The Morgan fingerprint density at radius 3 is 2.35 bits per heavy atom. The molecular weight excluding hydrogens is 266 g/mol. The number of hydrogen-bond acceptors (Lipinski definition) is 0. The maximum Gasteiger partial charge on any atom is 0.0535 e. The molecule has 4 aromatic rings. The van der Waals surface area contributed by atoms with E-state index < -0.39 is 0 Å². The first-order valence-corrected chi connectivity index (χ1v) is 6.96. The molecule has 0 radical (unpaired) electrons. The summed E-state index contributed by atoms with van der Waals surface area (Å²) < 4.78 is 2.22. The molecule has 4 rings (SSSR count). The first kappa shape index (κ1) is 11.6. The molecule has 0 bridgehead atoms. The van der Waals surface area contributed by atoms with Gasteiger partial charge in [-0.3, -0.25) is 0 Å². The number of para-hydroxylation sites is 1. The van der Waals surface area contributed by atoms with E-state index in [-0.39, 0.29) is 0 Å². The van der Waals surface area contributed by atoms with Crippen molar-refractivity contribution in [1.29, 1.82) is 0 Å². The Hall–Kier alpha value is -2.25. The second kappa shape index (κ2) is 4.39. The largest absolute Gasteiger partial charge is 0.316 e. The molecule has 0 amide bonds. The summed E-state index contributed by atoms with van der Waals surface area (Å²) in [6, 6.07) is 22.8. The van der Waals surface area contributed by atoms with Crippen molar-refractivity contribution in [2.24, 2.45) is 0 Å². The van der Waals surface area contributed by atoms with Gasteiger partial charge in [0.2, 0.25) is 0 Å². The molecule has 0 fully saturated rings. The van der Waals surface area contributed by atoms with E-state index in [2.05, 4.69) is 59.3 Å². The molecule has 1 nitrogen and oxygen atoms in total. The fourth-order valence-electron chi connectivity index (χ4n) is 2.75. The van der Waals surface area contributed by atoms with E-state index in [0.29, 0.717) is 0 Å². The number of nitrogens with zero attached hydrogens (tertiary/aromatic N) is 1. The number of aromatic nitrogens is 1. The molecule has 0 atom stereocenters. The van der Waals surface area contributed by atoms with Gasteiger partial charge < -0.3 is 4.57 Å². The molecule has 0 aliphatic carbocycles. The molecular formula is C18H12ClN. The van der Waals surface area contributed by atoms with Crippen molar-refractivity contribution in [3.63, 3.8) is 0 Å². The van der Waals surface area contributed by atoms with Crippen molar-refractivity contribution in [2.75, 3.05) is 0 Å². The lowest BCUT2D eigenvalue weighted by atomic mass is 10.1. The molecule has 1 heterocycles. The summed E-state index contributed by atoms with van der Waals surface area (Å²) >= 11 is 6.30. The molecule has 2 heteroatoms. The van der Waals surface area contributed by atoms with Gasteiger partial charge in [0.25, 0.3) is 0 Å². The topological polar surface area (TPSA) is 4.93 Å². The Labute approximate surface area is 122 Å². The van der Waals surface area contributed by atoms with E-state index in [9.17, 15) is 0 Å². The Bertz CT molecular complexity index is 921. The predicted molar refractivity (Wildman–Crippen MR) is 85.8 cm³/mol. The number of rotatable bonds is 1. The van der Waals surface area contributed by atoms with E-state index in [1.807, 2.05) is 18.2 Å². The van der Waals surface area contributed by atoms with Crippen LogP contribution in [0, 0.1) is 0 Å². The van der Waals surface area contributed by atoms with Crippen LogP contribution in [0.3, 0.4) is 0 Å². The molecule has 96 valence electrons. The predicted octanol–water partition coefficient (Wildman–Crippen LogP) is 5.44. The van der Waals surface area contributed by atoms with Gasteiger partial charge in [0, 0.05) is 22.0 Å². The summed E-state index contributed by atoms with van der Waals surface area (Å²) in [7, 11) is 0. The standard InChI is InChI=1S/C18H12ClN/c19-16-9-10-18(15-7-3-2-6-14(15)16)20-12-11-13-5-1-4-8-17(13)20/h1-12H. The molecule has 0 saturated heterocycles. The van der Waals surface area contributed by atoms with E-state index in [1.54, 1.807) is 0 Å². The molecule has 20 heavy (non-hydrogen) atoms. The Balaban J connectivity index is 2.10. The zero-order valence-corrected chi connectivity index (χ0v) is 11.5. The van der Waals surface area contributed by atoms with Crippen molar-refractivity contribution in [3.05, 3.63) is 77.9 Å². The van der Waals surface area contributed by atoms with Crippen molar-refractivity contribution in [1.82, 2.24) is 4.57 Å². The monoisotopic (exact) mass is 277 g/mol. The van der Waals surface area contributed by atoms with Crippen LogP contribution in [-0.4, -0.2) is 4.57 Å². The Morgan fingerprint density at radius 1 is 0.700 bits per heavy atom. The molecule has 0 aliphatic rings. The third-order valence-corrected chi connectivity index (χ3v) is 4.04. The highest BCUT2D eigenvalue weighted by Gasteiger charge is 2.08. The molecule has 3 aromatic carbocycles. The highest BCUT2D eigenvalue weighted by molar-refractivity contribution is 6.35. The highest BCUT2D eigenvalue weighted by Crippen LogP contribution is 2.30. The summed E-state index contributed by atoms with van der Waals surface area (Å²) in [4.78, 5) is 0. The van der Waals surface area contributed by atoms with Gasteiger partial charge in [-0.1, -0.05) is 54.1 Å². The van der Waals surface area contributed by atoms with Gasteiger partial charge in [-0.05, 0) is 29.7 Å². The van der Waals surface area contributed by atoms with Gasteiger partial charge in [-0.2, -0.15) is 0 Å². The SMILES string of the molecule is Clc1ccc(-n2ccc3ccccc32)c2ccccc12. The van der Waals surface area contributed by atoms with Crippen molar-refractivity contribution in [2.45, 2.75) is 0 Å². The second-order valence-corrected chi connectivity index (χ2v) is 5.26. The van der Waals surface area contributed by atoms with Gasteiger partial charge in [0.05, 0.1) is 11.2 Å². The van der Waals surface area contributed by atoms with E-state index in [0.717, 1.165) is 16.1 Å². The summed E-state index contributed by atoms with van der Waals surface area (Å²) in [5.74, 6) is 0. The zero-order valence-electron chi connectivity index (χ0n) is 10.8. The summed E-state index contributed by atoms with van der Waals surface area (Å²) in [5, 5.41) is 4.29. The van der Waals surface area contributed by atoms with Gasteiger partial charge in [0.15, 0.2) is 0 Å². The van der Waals surface area contributed by atoms with Crippen molar-refractivity contribution >= 4 is 33.3 Å². The van der Waals surface area contributed by atoms with Crippen LogP contribution in [0.4, 0.5) is 0 Å². The van der Waals surface area contributed by atoms with E-state index in [4.69, 9.17) is 11.6 Å². The minimum Gasteiger partial charge on any atom is -0.316 e. The molecule has 0 N–H and O–H groups in total. The molecule has 0 spiro atoms. The van der Waals surface area contributed by atoms with Crippen molar-refractivity contribution < 1.29 is 0 Å². The number of fused-ring (bicyclic) bond motifs is 2. The third-order valence-electron chi connectivity index (χ3n) is 3.71. The number of halogens is 1. The molecule has 1 aromatic heterocycles. The van der Waals surface area contributed by atoms with Crippen LogP contribution in [0.5, 0.6) is 0 Å². The van der Waals surface area contributed by atoms with Crippen LogP contribution in [0.15, 0.2) is 72.9 Å². The van der Waals surface area contributed by atoms with Crippen LogP contribution in [0.25, 0.3) is 27.4 Å². The lowest BCUT2D eigenvalue weighted by Crippen LogP contribution is -1.93. The maximum absolute atomic E-state index is 6.30. The molecule has 0 unspecified atom stereocenters. The van der Waals surface area contributed by atoms with Gasteiger partial charge in [-0.15, -0.1) is 0 Å². The summed E-state index contributed by atoms with van der Waals surface area (Å²) in [6.45, 7) is 0. The highest BCUT2D eigenvalue weighted by atomic mass is 35.5. The van der Waals surface area contributed by atoms with Crippen LogP contribution in [0.1, 0.15) is 0 Å². The average molecular weight is 278 g/mol. The first-order valence-electron chi connectivity index (χ1n) is 6.58. The second-order valence-electron chi connectivity index (χ2n) is 4.86. The summed E-state index contributed by atoms with van der Waals surface area (Å²) in [6.07, 6.45) is 2.11. The van der Waals surface area contributed by atoms with Crippen molar-refractivity contribution in [3.8, 4) is 5.69 Å². The van der Waals surface area contributed by atoms with Gasteiger partial charge in [-0.25, -0.2) is 0 Å². The molecule has 0 saturated carbocycles. The normalized spacial score (nSPS) is 11.2. The van der Waals surface area contributed by atoms with Gasteiger partial charge >= 0.3 is 0 Å². The minimum absolute atomic E-state index is 0.792. The van der Waals surface area contributed by atoms with Crippen LogP contribution >= 0.6 is 11.6 Å². The lowest BCUT2D eigenvalue weighted by Gasteiger charge is -2.10. The first-order chi connectivity index (χ1) is 9.84. The fraction of sp³-hybridized carbons (Fsp3) is 0. The maximum atomic E-state index is 6.30. The smallest absolute Gasteiger partial charge is 0.0535 e. The Morgan fingerprint density at radius 2 is 1.45 bits per heavy atom. The van der Waals surface area contributed by atoms with Crippen LogP contribution in [-0.2, 0) is 0 Å². The third kappa shape index (κ3) is 1.64. The summed E-state index contributed by atoms with van der Waals surface area (Å²) in [5.41, 5.74) is 2.37. The van der Waals surface area contributed by atoms with Crippen LogP contribution < -0.4 is 0 Å².